The topological polar surface area (TPSA) is 26.3 Å². The Labute approximate surface area is 100 Å². The minimum atomic E-state index is -1.28. The summed E-state index contributed by atoms with van der Waals surface area (Å²) in [5.74, 6) is 0. The monoisotopic (exact) mass is 304 g/mol. The summed E-state index contributed by atoms with van der Waals surface area (Å²) in [5, 5.41) is 0. The highest BCUT2D eigenvalue weighted by Gasteiger charge is 2.24. The Kier molecular flexibility index (Phi) is 8.37. The first-order valence-electron chi connectivity index (χ1n) is 2.29. The molecular weight excluding hydrogens is 303 g/mol. The molecule has 0 unspecified atom stereocenters. The van der Waals surface area contributed by atoms with Crippen LogP contribution < -0.4 is 0 Å². The Bertz CT molecular complexity index is 154. The molecule has 0 fully saturated rings. The van der Waals surface area contributed by atoms with Crippen LogP contribution in [0.4, 0.5) is 4.79 Å². The van der Waals surface area contributed by atoms with Gasteiger partial charge in [-0.25, -0.2) is 0 Å². The maximum absolute atomic E-state index is 10.2. The molecule has 0 bridgehead atoms. The summed E-state index contributed by atoms with van der Waals surface area (Å²) in [6, 6.07) is 0. The van der Waals surface area contributed by atoms with E-state index >= 15 is 0 Å². The largest absolute Gasteiger partial charge is 0.341 e. The minimum Gasteiger partial charge on any atom is -0.341 e. The fraction of sp³-hybridized carbons (Fsp3) is 0.667. The Morgan fingerprint density at radius 2 is 2.00 bits per heavy atom. The molecule has 0 aromatic heterocycles. The summed E-state index contributed by atoms with van der Waals surface area (Å²) in [7, 11) is 5.74. The summed E-state index contributed by atoms with van der Waals surface area (Å²) in [4.78, 5) is 10.2. The number of methoxy groups -OCH3 is 1. The van der Waals surface area contributed by atoms with Crippen molar-refractivity contribution in [3.8, 4) is 0 Å². The first kappa shape index (κ1) is 13.9. The normalized spacial score (nSPS) is 11.7. The van der Waals surface area contributed by atoms with Gasteiger partial charge >= 0.3 is 0 Å². The molecule has 0 saturated carbocycles. The van der Waals surface area contributed by atoms with Gasteiger partial charge in [0.05, 0.1) is 0 Å². The summed E-state index contributed by atoms with van der Waals surface area (Å²) in [6.07, 6.45) is 0. The summed E-state index contributed by atoms with van der Waals surface area (Å²) in [5.41, 5.74) is 0. The van der Waals surface area contributed by atoms with Crippen LogP contribution in [0, 0.1) is 0 Å². The average molecular weight is 306 g/mol. The Morgan fingerprint density at radius 1 is 1.42 bits per heavy atom. The molecular formula is C3H3Cl3O2S4. The van der Waals surface area contributed by atoms with Gasteiger partial charge in [0.1, 0.15) is 0 Å². The lowest BCUT2D eigenvalue weighted by Crippen LogP contribution is -2.06. The number of carbonyl (C=O) groups excluding carboxylic acids is 1. The number of halogens is 3. The lowest BCUT2D eigenvalue weighted by molar-refractivity contribution is 0.203. The molecule has 0 aliphatic carbocycles. The van der Waals surface area contributed by atoms with Gasteiger partial charge in [0.2, 0.25) is 0 Å². The molecule has 0 amide bonds. The van der Waals surface area contributed by atoms with Crippen LogP contribution >= 0.6 is 76.0 Å². The van der Waals surface area contributed by atoms with Crippen LogP contribution in [0.5, 0.6) is 0 Å². The van der Waals surface area contributed by atoms with Gasteiger partial charge in [0, 0.05) is 17.9 Å². The zero-order chi connectivity index (χ0) is 9.61. The van der Waals surface area contributed by atoms with Gasteiger partial charge in [-0.05, 0) is 42.0 Å². The minimum absolute atomic E-state index is 0.486. The predicted octanol–water partition coefficient (Wildman–Crippen LogP) is 4.76. The molecule has 0 aliphatic heterocycles. The van der Waals surface area contributed by atoms with E-state index in [2.05, 4.69) is 4.74 Å². The molecule has 0 N–H and O–H groups in total. The fourth-order valence-electron chi connectivity index (χ4n) is 0.128. The van der Waals surface area contributed by atoms with Crippen molar-refractivity contribution in [2.75, 3.05) is 7.11 Å². The van der Waals surface area contributed by atoms with Crippen molar-refractivity contribution in [3.05, 3.63) is 0 Å². The molecule has 2 nitrogen and oxygen atoms in total. The van der Waals surface area contributed by atoms with Gasteiger partial charge in [-0.15, -0.1) is 0 Å². The summed E-state index contributed by atoms with van der Waals surface area (Å²) < 4.78 is 2.91. The van der Waals surface area contributed by atoms with Crippen LogP contribution in [0.2, 0.25) is 0 Å². The zero-order valence-corrected chi connectivity index (χ0v) is 11.1. The molecule has 0 saturated heterocycles. The van der Waals surface area contributed by atoms with Crippen LogP contribution in [0.15, 0.2) is 0 Å². The van der Waals surface area contributed by atoms with Crippen molar-refractivity contribution in [1.29, 1.82) is 0 Å². The van der Waals surface area contributed by atoms with Crippen molar-refractivity contribution in [1.82, 2.24) is 0 Å². The third-order valence-electron chi connectivity index (χ3n) is 0.496. The van der Waals surface area contributed by atoms with Crippen LogP contribution in [0.1, 0.15) is 0 Å². The molecule has 0 aromatic rings. The third kappa shape index (κ3) is 8.50. The smallest absolute Gasteiger partial charge is 0.290 e. The van der Waals surface area contributed by atoms with Crippen LogP contribution in [0.3, 0.4) is 0 Å². The number of ether oxygens (including phenoxy) is 1. The van der Waals surface area contributed by atoms with Gasteiger partial charge in [-0.1, -0.05) is 23.2 Å². The van der Waals surface area contributed by atoms with E-state index < -0.39 is 8.43 Å². The van der Waals surface area contributed by atoms with Gasteiger partial charge in [-0.2, -0.15) is 0 Å². The molecule has 0 atom stereocenters. The van der Waals surface area contributed by atoms with E-state index in [-0.39, 0.29) is 0 Å². The van der Waals surface area contributed by atoms with Crippen molar-refractivity contribution in [3.63, 3.8) is 0 Å². The second-order valence-corrected chi connectivity index (χ2v) is 9.30. The second-order valence-electron chi connectivity index (χ2n) is 1.21. The van der Waals surface area contributed by atoms with Crippen molar-refractivity contribution in [2.24, 2.45) is 0 Å². The van der Waals surface area contributed by atoms with Crippen molar-refractivity contribution < 1.29 is 9.53 Å². The first-order valence-corrected chi connectivity index (χ1v) is 8.24. The standard InChI is InChI=1S/C3H3Cl3O2S4/c1-8-3(5,6)10-12-11-9-2(4)7/h1H3. The highest BCUT2D eigenvalue weighted by atomic mass is 35.5. The Balaban J connectivity index is 3.37. The number of hydrogen-bond acceptors (Lipinski definition) is 6. The molecule has 0 radical (unpaired) electrons. The van der Waals surface area contributed by atoms with E-state index in [9.17, 15) is 4.79 Å². The molecule has 72 valence electrons. The Hall–Kier alpha value is 1.90. The maximum atomic E-state index is 10.2. The van der Waals surface area contributed by atoms with E-state index in [1.807, 2.05) is 0 Å². The van der Waals surface area contributed by atoms with Crippen molar-refractivity contribution in [2.45, 2.75) is 3.85 Å². The van der Waals surface area contributed by atoms with Gasteiger partial charge in [0.15, 0.2) is 0 Å². The lowest BCUT2D eigenvalue weighted by atomic mass is 11.5. The van der Waals surface area contributed by atoms with Crippen LogP contribution in [-0.2, 0) is 4.74 Å². The lowest BCUT2D eigenvalue weighted by Gasteiger charge is -2.13. The quantitative estimate of drug-likeness (QED) is 0.239. The fourth-order valence-corrected chi connectivity index (χ4v) is 6.43. The molecule has 0 aliphatic rings. The summed E-state index contributed by atoms with van der Waals surface area (Å²) >= 11 is 16.2. The van der Waals surface area contributed by atoms with Crippen molar-refractivity contribution >= 4 is 80.6 Å². The van der Waals surface area contributed by atoms with Crippen LogP contribution in [0.25, 0.3) is 0 Å². The third-order valence-corrected chi connectivity index (χ3v) is 7.96. The van der Waals surface area contributed by atoms with E-state index in [1.165, 1.54) is 26.8 Å². The van der Waals surface area contributed by atoms with Crippen LogP contribution in [-0.4, -0.2) is 15.5 Å². The Morgan fingerprint density at radius 3 is 2.42 bits per heavy atom. The van der Waals surface area contributed by atoms with E-state index in [0.717, 1.165) is 21.6 Å². The predicted molar refractivity (Wildman–Crippen MR) is 63.1 cm³/mol. The molecule has 0 heterocycles. The van der Waals surface area contributed by atoms with E-state index in [4.69, 9.17) is 34.8 Å². The molecule has 0 aromatic carbocycles. The maximum Gasteiger partial charge on any atom is 0.290 e. The summed E-state index contributed by atoms with van der Waals surface area (Å²) in [6.45, 7) is 0. The van der Waals surface area contributed by atoms with E-state index in [0.29, 0.717) is 0 Å². The number of alkyl halides is 2. The number of hydrogen-bond donors (Lipinski definition) is 0. The SMILES string of the molecule is COC(Cl)(Cl)SSSSC(=O)Cl. The van der Waals surface area contributed by atoms with Gasteiger partial charge < -0.3 is 4.74 Å². The van der Waals surface area contributed by atoms with Gasteiger partial charge in [0.25, 0.3) is 8.43 Å². The molecule has 9 heteroatoms. The molecule has 0 rings (SSSR count). The highest BCUT2D eigenvalue weighted by molar-refractivity contribution is 9.27. The average Bonchev–Trinajstić information content (AvgIpc) is 1.98. The molecule has 12 heavy (non-hydrogen) atoms. The van der Waals surface area contributed by atoms with Gasteiger partial charge in [-0.3, -0.25) is 4.79 Å². The zero-order valence-electron chi connectivity index (χ0n) is 5.58. The highest BCUT2D eigenvalue weighted by Crippen LogP contribution is 2.52. The van der Waals surface area contributed by atoms with E-state index in [1.54, 1.807) is 0 Å². The number of rotatable bonds is 5. The number of carbonyl (C=O) groups is 1. The molecule has 0 spiro atoms. The second kappa shape index (κ2) is 7.23. The first-order chi connectivity index (χ1) is 5.48.